The highest BCUT2D eigenvalue weighted by atomic mass is 16.6. The number of nitro benzene ring substituents is 1. The van der Waals surface area contributed by atoms with E-state index >= 15 is 0 Å². The summed E-state index contributed by atoms with van der Waals surface area (Å²) >= 11 is 0. The fraction of sp³-hybridized carbons (Fsp3) is 0.227. The number of anilines is 1. The van der Waals surface area contributed by atoms with Crippen molar-refractivity contribution in [3.8, 4) is 0 Å². The average molecular weight is 404 g/mol. The predicted octanol–water partition coefficient (Wildman–Crippen LogP) is 3.60. The van der Waals surface area contributed by atoms with E-state index in [0.29, 0.717) is 34.6 Å². The number of aromatic nitrogens is 1. The molecule has 2 N–H and O–H groups in total. The molecule has 4 rings (SSSR count). The van der Waals surface area contributed by atoms with E-state index in [2.05, 4.69) is 15.6 Å². The number of rotatable bonds is 4. The van der Waals surface area contributed by atoms with Gasteiger partial charge in [0.15, 0.2) is 5.78 Å². The van der Waals surface area contributed by atoms with Crippen molar-refractivity contribution in [2.24, 2.45) is 0 Å². The van der Waals surface area contributed by atoms with Crippen LogP contribution in [0.25, 0.3) is 0 Å². The number of nitrogens with zero attached hydrogens (tertiary/aromatic N) is 2. The highest BCUT2D eigenvalue weighted by Crippen LogP contribution is 2.42. The van der Waals surface area contributed by atoms with Gasteiger partial charge in [0, 0.05) is 53.2 Å². The normalized spacial score (nSPS) is 18.6. The molecule has 0 saturated carbocycles. The van der Waals surface area contributed by atoms with Gasteiger partial charge in [-0.05, 0) is 37.5 Å². The van der Waals surface area contributed by atoms with Crippen LogP contribution in [0.4, 0.5) is 11.5 Å². The van der Waals surface area contributed by atoms with E-state index in [4.69, 9.17) is 0 Å². The molecule has 2 heterocycles. The summed E-state index contributed by atoms with van der Waals surface area (Å²) in [5, 5.41) is 17.1. The van der Waals surface area contributed by atoms with Gasteiger partial charge in [-0.15, -0.1) is 0 Å². The van der Waals surface area contributed by atoms with Crippen molar-refractivity contribution in [1.29, 1.82) is 0 Å². The molecule has 1 aliphatic heterocycles. The van der Waals surface area contributed by atoms with E-state index in [9.17, 15) is 19.7 Å². The molecule has 0 unspecified atom stereocenters. The van der Waals surface area contributed by atoms with Crippen molar-refractivity contribution >= 4 is 23.2 Å². The maximum atomic E-state index is 13.2. The number of allylic oxidation sites excluding steroid dienone is 3. The van der Waals surface area contributed by atoms with Gasteiger partial charge in [-0.25, -0.2) is 4.98 Å². The smallest absolute Gasteiger partial charge is 0.269 e. The molecule has 152 valence electrons. The van der Waals surface area contributed by atoms with Crippen LogP contribution >= 0.6 is 0 Å². The number of dihydropyridines is 1. The Kier molecular flexibility index (Phi) is 5.14. The van der Waals surface area contributed by atoms with E-state index in [1.165, 1.54) is 12.1 Å². The third kappa shape index (κ3) is 3.59. The number of ketones is 1. The summed E-state index contributed by atoms with van der Waals surface area (Å²) in [5.74, 6) is -0.576. The van der Waals surface area contributed by atoms with Crippen molar-refractivity contribution < 1.29 is 14.5 Å². The van der Waals surface area contributed by atoms with Gasteiger partial charge in [0.2, 0.25) is 0 Å². The highest BCUT2D eigenvalue weighted by molar-refractivity contribution is 6.09. The fourth-order valence-electron chi connectivity index (χ4n) is 4.03. The van der Waals surface area contributed by atoms with Crippen LogP contribution in [-0.4, -0.2) is 21.6 Å². The number of carbonyl (C=O) groups is 2. The zero-order chi connectivity index (χ0) is 21.3. The van der Waals surface area contributed by atoms with Gasteiger partial charge < -0.3 is 10.6 Å². The number of hydrogen-bond acceptors (Lipinski definition) is 6. The molecule has 0 saturated heterocycles. The van der Waals surface area contributed by atoms with Gasteiger partial charge >= 0.3 is 0 Å². The van der Waals surface area contributed by atoms with Crippen LogP contribution in [0, 0.1) is 10.1 Å². The summed E-state index contributed by atoms with van der Waals surface area (Å²) in [6.07, 6.45) is 3.46. The third-order valence-electron chi connectivity index (χ3n) is 5.36. The molecular formula is C22H20N4O4. The van der Waals surface area contributed by atoms with Crippen molar-refractivity contribution in [2.75, 3.05) is 5.32 Å². The lowest BCUT2D eigenvalue weighted by Crippen LogP contribution is -2.35. The maximum Gasteiger partial charge on any atom is 0.269 e. The first-order valence-corrected chi connectivity index (χ1v) is 9.66. The minimum absolute atomic E-state index is 0.0114. The monoisotopic (exact) mass is 404 g/mol. The summed E-state index contributed by atoms with van der Waals surface area (Å²) in [4.78, 5) is 40.8. The Hall–Kier alpha value is -3.81. The highest BCUT2D eigenvalue weighted by Gasteiger charge is 2.38. The van der Waals surface area contributed by atoms with Gasteiger partial charge in [0.05, 0.1) is 4.92 Å². The third-order valence-corrected chi connectivity index (χ3v) is 5.36. The average Bonchev–Trinajstić information content (AvgIpc) is 2.73. The first kappa shape index (κ1) is 19.5. The molecule has 0 fully saturated rings. The van der Waals surface area contributed by atoms with E-state index < -0.39 is 10.8 Å². The topological polar surface area (TPSA) is 114 Å². The molecule has 1 amide bonds. The molecular weight excluding hydrogens is 384 g/mol. The lowest BCUT2D eigenvalue weighted by atomic mass is 9.75. The molecule has 2 aliphatic rings. The number of nitro groups is 1. The molecule has 2 aromatic rings. The second kappa shape index (κ2) is 7.90. The number of Topliss-reactive ketones (excluding diaryl/α,β-unsaturated/α-hetero) is 1. The Labute approximate surface area is 172 Å². The lowest BCUT2D eigenvalue weighted by molar-refractivity contribution is -0.384. The standard InChI is InChI=1S/C22H20N4O4/c1-13-19(22(28)25-18-7-2-3-12-23-18)20(14-8-10-15(11-9-14)26(29)30)21-16(24-13)5-4-6-17(21)27/h2-3,7-12,20,24H,4-6H2,1H3,(H,23,25,28)/t20-/m0/s1. The number of non-ortho nitro benzene ring substituents is 1. The largest absolute Gasteiger partial charge is 0.362 e. The van der Waals surface area contributed by atoms with Crippen molar-refractivity contribution in [3.63, 3.8) is 0 Å². The zero-order valence-corrected chi connectivity index (χ0v) is 16.3. The van der Waals surface area contributed by atoms with Gasteiger partial charge in [-0.1, -0.05) is 18.2 Å². The van der Waals surface area contributed by atoms with Gasteiger partial charge in [-0.2, -0.15) is 0 Å². The summed E-state index contributed by atoms with van der Waals surface area (Å²) in [7, 11) is 0. The van der Waals surface area contributed by atoms with Crippen molar-refractivity contribution in [2.45, 2.75) is 32.1 Å². The van der Waals surface area contributed by atoms with Gasteiger partial charge in [0.25, 0.3) is 11.6 Å². The van der Waals surface area contributed by atoms with E-state index in [-0.39, 0.29) is 17.4 Å². The number of pyridine rings is 1. The number of carbonyl (C=O) groups excluding carboxylic acids is 2. The zero-order valence-electron chi connectivity index (χ0n) is 16.3. The first-order chi connectivity index (χ1) is 14.5. The minimum Gasteiger partial charge on any atom is -0.362 e. The number of benzene rings is 1. The van der Waals surface area contributed by atoms with Crippen molar-refractivity contribution in [3.05, 3.63) is 86.9 Å². The number of nitrogens with one attached hydrogen (secondary N) is 2. The molecule has 30 heavy (non-hydrogen) atoms. The fourth-order valence-corrected chi connectivity index (χ4v) is 4.03. The minimum atomic E-state index is -0.599. The summed E-state index contributed by atoms with van der Waals surface area (Å²) < 4.78 is 0. The molecule has 1 aliphatic carbocycles. The van der Waals surface area contributed by atoms with Crippen LogP contribution in [0.15, 0.2) is 71.2 Å². The Balaban J connectivity index is 1.79. The second-order valence-corrected chi connectivity index (χ2v) is 7.28. The Morgan fingerprint density at radius 2 is 1.97 bits per heavy atom. The van der Waals surface area contributed by atoms with Gasteiger partial charge in [-0.3, -0.25) is 19.7 Å². The molecule has 1 atom stereocenters. The second-order valence-electron chi connectivity index (χ2n) is 7.28. The Bertz CT molecular complexity index is 1090. The Morgan fingerprint density at radius 3 is 2.63 bits per heavy atom. The van der Waals surface area contributed by atoms with Gasteiger partial charge in [0.1, 0.15) is 5.82 Å². The van der Waals surface area contributed by atoms with Crippen LogP contribution < -0.4 is 10.6 Å². The summed E-state index contributed by atoms with van der Waals surface area (Å²) in [6.45, 7) is 1.80. The lowest BCUT2D eigenvalue weighted by Gasteiger charge is -2.34. The molecule has 8 heteroatoms. The van der Waals surface area contributed by atoms with E-state index in [0.717, 1.165) is 18.5 Å². The summed E-state index contributed by atoms with van der Waals surface area (Å²) in [5.41, 5.74) is 3.06. The molecule has 1 aromatic heterocycles. The number of amides is 1. The van der Waals surface area contributed by atoms with Crippen LogP contribution in [0.5, 0.6) is 0 Å². The first-order valence-electron chi connectivity index (χ1n) is 9.66. The van der Waals surface area contributed by atoms with Crippen molar-refractivity contribution in [1.82, 2.24) is 10.3 Å². The van der Waals surface area contributed by atoms with E-state index in [1.807, 2.05) is 0 Å². The van der Waals surface area contributed by atoms with Crippen LogP contribution in [0.3, 0.4) is 0 Å². The molecule has 8 nitrogen and oxygen atoms in total. The Morgan fingerprint density at radius 1 is 1.20 bits per heavy atom. The molecule has 0 spiro atoms. The molecule has 0 radical (unpaired) electrons. The summed E-state index contributed by atoms with van der Waals surface area (Å²) in [6, 6.07) is 11.2. The van der Waals surface area contributed by atoms with Crippen LogP contribution in [0.2, 0.25) is 0 Å². The number of hydrogen-bond donors (Lipinski definition) is 2. The van der Waals surface area contributed by atoms with Crippen LogP contribution in [0.1, 0.15) is 37.7 Å². The predicted molar refractivity (Wildman–Crippen MR) is 110 cm³/mol. The molecule has 0 bridgehead atoms. The van der Waals surface area contributed by atoms with Crippen LogP contribution in [-0.2, 0) is 9.59 Å². The quantitative estimate of drug-likeness (QED) is 0.594. The van der Waals surface area contributed by atoms with E-state index in [1.54, 1.807) is 43.5 Å². The SMILES string of the molecule is CC1=C(C(=O)Nc2ccccn2)[C@H](c2ccc([N+](=O)[O-])cc2)C2=C(CCCC2=O)N1. The molecule has 1 aromatic carbocycles. The maximum absolute atomic E-state index is 13.2.